The van der Waals surface area contributed by atoms with E-state index in [1.165, 1.54) is 0 Å². The van der Waals surface area contributed by atoms with Crippen LogP contribution in [0.15, 0.2) is 24.3 Å². The number of amides is 2. The molecule has 0 saturated heterocycles. The molecule has 5 heteroatoms. The molecule has 1 aliphatic rings. The van der Waals surface area contributed by atoms with E-state index in [-0.39, 0.29) is 6.54 Å². The van der Waals surface area contributed by atoms with E-state index in [4.69, 9.17) is 0 Å². The van der Waals surface area contributed by atoms with Gasteiger partial charge in [0.2, 0.25) is 0 Å². The first-order valence-electron chi connectivity index (χ1n) is 7.31. The van der Waals surface area contributed by atoms with E-state index in [1.807, 2.05) is 18.2 Å². The highest BCUT2D eigenvalue weighted by Crippen LogP contribution is 2.30. The highest BCUT2D eigenvalue weighted by Gasteiger charge is 2.35. The van der Waals surface area contributed by atoms with Gasteiger partial charge in [-0.05, 0) is 42.9 Å². The molecule has 0 aliphatic heterocycles. The van der Waals surface area contributed by atoms with E-state index in [2.05, 4.69) is 24.5 Å². The molecule has 2 rings (SSSR count). The molecule has 1 aromatic carbocycles. The zero-order valence-corrected chi connectivity index (χ0v) is 12.5. The molecule has 114 valence electrons. The lowest BCUT2D eigenvalue weighted by molar-refractivity contribution is -0.137. The molecule has 0 heterocycles. The third-order valence-electron chi connectivity index (χ3n) is 3.88. The molecule has 1 aliphatic carbocycles. The van der Waals surface area contributed by atoms with Gasteiger partial charge in [0.25, 0.3) is 0 Å². The number of carbonyl (C=O) groups is 2. The Bertz CT molecular complexity index is 536. The van der Waals surface area contributed by atoms with Crippen molar-refractivity contribution in [3.63, 3.8) is 0 Å². The summed E-state index contributed by atoms with van der Waals surface area (Å²) in [5.41, 5.74) is 0.869. The molecule has 5 nitrogen and oxygen atoms in total. The summed E-state index contributed by atoms with van der Waals surface area (Å²) in [5.74, 6) is -1.08. The molecule has 0 unspecified atom stereocenters. The van der Waals surface area contributed by atoms with Crippen molar-refractivity contribution in [3.05, 3.63) is 29.8 Å². The Kier molecular flexibility index (Phi) is 4.63. The normalized spacial score (nSPS) is 16.2. The number of aliphatic hydroxyl groups is 1. The lowest BCUT2D eigenvalue weighted by atomic mass is 9.80. The average molecular weight is 290 g/mol. The minimum absolute atomic E-state index is 0.130. The Balaban J connectivity index is 1.88. The molecule has 0 spiro atoms. The molecule has 0 aromatic heterocycles. The van der Waals surface area contributed by atoms with Gasteiger partial charge in [-0.1, -0.05) is 26.0 Å². The van der Waals surface area contributed by atoms with Gasteiger partial charge >= 0.3 is 11.8 Å². The third kappa shape index (κ3) is 4.04. The van der Waals surface area contributed by atoms with Gasteiger partial charge < -0.3 is 15.7 Å². The van der Waals surface area contributed by atoms with E-state index in [9.17, 15) is 14.7 Å². The first-order valence-corrected chi connectivity index (χ1v) is 7.31. The van der Waals surface area contributed by atoms with Crippen molar-refractivity contribution >= 4 is 17.5 Å². The topological polar surface area (TPSA) is 78.4 Å². The maximum absolute atomic E-state index is 11.8. The van der Waals surface area contributed by atoms with Crippen LogP contribution < -0.4 is 10.6 Å². The van der Waals surface area contributed by atoms with E-state index >= 15 is 0 Å². The maximum Gasteiger partial charge on any atom is 0.313 e. The number of rotatable bonds is 4. The van der Waals surface area contributed by atoms with E-state index in [1.54, 1.807) is 6.07 Å². The van der Waals surface area contributed by atoms with Crippen LogP contribution in [0.25, 0.3) is 0 Å². The standard InChI is InChI=1S/C16H22N2O3/c1-11(2)12-5-3-6-13(9-12)18-15(20)14(19)17-10-16(21)7-4-8-16/h3,5-6,9,11,21H,4,7-8,10H2,1-2H3,(H,17,19)(H,18,20). The molecule has 1 aromatic rings. The summed E-state index contributed by atoms with van der Waals surface area (Å²) in [5, 5.41) is 14.9. The highest BCUT2D eigenvalue weighted by atomic mass is 16.3. The lowest BCUT2D eigenvalue weighted by Gasteiger charge is -2.36. The summed E-state index contributed by atoms with van der Waals surface area (Å²) in [7, 11) is 0. The van der Waals surface area contributed by atoms with Crippen molar-refractivity contribution in [2.45, 2.75) is 44.6 Å². The fraction of sp³-hybridized carbons (Fsp3) is 0.500. The predicted molar refractivity (Wildman–Crippen MR) is 81.0 cm³/mol. The molecule has 3 N–H and O–H groups in total. The lowest BCUT2D eigenvalue weighted by Crippen LogP contribution is -2.49. The van der Waals surface area contributed by atoms with Crippen LogP contribution in [0.2, 0.25) is 0 Å². The minimum atomic E-state index is -0.826. The van der Waals surface area contributed by atoms with Crippen molar-refractivity contribution < 1.29 is 14.7 Å². The van der Waals surface area contributed by atoms with Crippen molar-refractivity contribution in [1.82, 2.24) is 5.32 Å². The van der Waals surface area contributed by atoms with Crippen molar-refractivity contribution in [2.75, 3.05) is 11.9 Å². The first kappa shape index (κ1) is 15.5. The molecule has 1 saturated carbocycles. The molecular formula is C16H22N2O3. The summed E-state index contributed by atoms with van der Waals surface area (Å²) in [6, 6.07) is 7.43. The van der Waals surface area contributed by atoms with Crippen molar-refractivity contribution in [2.24, 2.45) is 0 Å². The second kappa shape index (κ2) is 6.26. The number of benzene rings is 1. The molecule has 1 fully saturated rings. The van der Waals surface area contributed by atoms with Crippen LogP contribution in [-0.2, 0) is 9.59 Å². The summed E-state index contributed by atoms with van der Waals surface area (Å²) in [6.45, 7) is 4.26. The van der Waals surface area contributed by atoms with Gasteiger partial charge in [-0.2, -0.15) is 0 Å². The molecule has 0 radical (unpaired) electrons. The summed E-state index contributed by atoms with van der Waals surface area (Å²) < 4.78 is 0. The van der Waals surface area contributed by atoms with Gasteiger partial charge in [-0.25, -0.2) is 0 Å². The first-order chi connectivity index (χ1) is 9.89. The van der Waals surface area contributed by atoms with E-state index in [0.29, 0.717) is 24.4 Å². The van der Waals surface area contributed by atoms with Crippen molar-refractivity contribution in [3.8, 4) is 0 Å². The van der Waals surface area contributed by atoms with Crippen LogP contribution in [-0.4, -0.2) is 29.1 Å². The van der Waals surface area contributed by atoms with Crippen molar-refractivity contribution in [1.29, 1.82) is 0 Å². The molecule has 0 bridgehead atoms. The third-order valence-corrected chi connectivity index (χ3v) is 3.88. The Morgan fingerprint density at radius 3 is 2.57 bits per heavy atom. The van der Waals surface area contributed by atoms with E-state index in [0.717, 1.165) is 12.0 Å². The molecule has 2 amide bonds. The predicted octanol–water partition coefficient (Wildman–Crippen LogP) is 1.78. The van der Waals surface area contributed by atoms with Gasteiger partial charge in [0.15, 0.2) is 0 Å². The zero-order chi connectivity index (χ0) is 15.5. The zero-order valence-electron chi connectivity index (χ0n) is 12.5. The Hall–Kier alpha value is -1.88. The van der Waals surface area contributed by atoms with Gasteiger partial charge in [-0.15, -0.1) is 0 Å². The highest BCUT2D eigenvalue weighted by molar-refractivity contribution is 6.39. The van der Waals surface area contributed by atoms with Gasteiger partial charge in [-0.3, -0.25) is 9.59 Å². The Labute approximate surface area is 124 Å². The number of hydrogen-bond donors (Lipinski definition) is 3. The average Bonchev–Trinajstić information content (AvgIpc) is 2.42. The molecular weight excluding hydrogens is 268 g/mol. The van der Waals surface area contributed by atoms with Crippen LogP contribution in [0.3, 0.4) is 0 Å². The summed E-state index contributed by atoms with van der Waals surface area (Å²) >= 11 is 0. The smallest absolute Gasteiger partial charge is 0.313 e. The second-order valence-electron chi connectivity index (χ2n) is 5.99. The SMILES string of the molecule is CC(C)c1cccc(NC(=O)C(=O)NCC2(O)CCC2)c1. The number of hydrogen-bond acceptors (Lipinski definition) is 3. The number of anilines is 1. The van der Waals surface area contributed by atoms with Crippen LogP contribution in [0, 0.1) is 0 Å². The fourth-order valence-corrected chi connectivity index (χ4v) is 2.25. The number of nitrogens with one attached hydrogen (secondary N) is 2. The number of carbonyl (C=O) groups excluding carboxylic acids is 2. The molecule has 21 heavy (non-hydrogen) atoms. The minimum Gasteiger partial charge on any atom is -0.388 e. The van der Waals surface area contributed by atoms with E-state index < -0.39 is 17.4 Å². The van der Waals surface area contributed by atoms with Gasteiger partial charge in [0, 0.05) is 12.2 Å². The molecule has 0 atom stereocenters. The summed E-state index contributed by atoms with van der Waals surface area (Å²) in [4.78, 5) is 23.5. The fourth-order valence-electron chi connectivity index (χ4n) is 2.25. The second-order valence-corrected chi connectivity index (χ2v) is 5.99. The Morgan fingerprint density at radius 2 is 2.00 bits per heavy atom. The van der Waals surface area contributed by atoms with Gasteiger partial charge in [0.1, 0.15) is 0 Å². The van der Waals surface area contributed by atoms with Crippen LogP contribution in [0.1, 0.15) is 44.6 Å². The van der Waals surface area contributed by atoms with Crippen LogP contribution in [0.4, 0.5) is 5.69 Å². The van der Waals surface area contributed by atoms with Crippen LogP contribution >= 0.6 is 0 Å². The van der Waals surface area contributed by atoms with Gasteiger partial charge in [0.05, 0.1) is 5.60 Å². The quantitative estimate of drug-likeness (QED) is 0.740. The maximum atomic E-state index is 11.8. The largest absolute Gasteiger partial charge is 0.388 e. The summed E-state index contributed by atoms with van der Waals surface area (Å²) in [6.07, 6.45) is 2.30. The van der Waals surface area contributed by atoms with Crippen LogP contribution in [0.5, 0.6) is 0 Å². The Morgan fingerprint density at radius 1 is 1.29 bits per heavy atom. The monoisotopic (exact) mass is 290 g/mol.